The Labute approximate surface area is 168 Å². The number of carbonyl (C=O) groups is 2. The summed E-state index contributed by atoms with van der Waals surface area (Å²) >= 11 is 0. The molecule has 1 atom stereocenters. The Morgan fingerprint density at radius 2 is 1.93 bits per heavy atom. The normalized spacial score (nSPS) is 16.7. The SMILES string of the molecule is O=C(NCCc1ccccc1F)[C@@H]1CCCN(C(=O)c2cc3ccccc3[nH]2)C1. The number of fused-ring (bicyclic) bond motifs is 1. The van der Waals surface area contributed by atoms with Gasteiger partial charge in [0.15, 0.2) is 0 Å². The minimum absolute atomic E-state index is 0.0736. The van der Waals surface area contributed by atoms with Crippen LogP contribution in [-0.2, 0) is 11.2 Å². The number of nitrogens with zero attached hydrogens (tertiary/aromatic N) is 1. The Balaban J connectivity index is 1.34. The number of carbonyl (C=O) groups excluding carboxylic acids is 2. The number of benzene rings is 2. The van der Waals surface area contributed by atoms with Crippen molar-refractivity contribution in [1.29, 1.82) is 0 Å². The van der Waals surface area contributed by atoms with E-state index >= 15 is 0 Å². The van der Waals surface area contributed by atoms with Gasteiger partial charge in [-0.05, 0) is 43.0 Å². The highest BCUT2D eigenvalue weighted by Crippen LogP contribution is 2.21. The average molecular weight is 393 g/mol. The molecule has 2 N–H and O–H groups in total. The number of rotatable bonds is 5. The highest BCUT2D eigenvalue weighted by molar-refractivity contribution is 5.98. The lowest BCUT2D eigenvalue weighted by molar-refractivity contribution is -0.126. The van der Waals surface area contributed by atoms with Gasteiger partial charge in [0.05, 0.1) is 5.92 Å². The van der Waals surface area contributed by atoms with Crippen LogP contribution in [0, 0.1) is 11.7 Å². The lowest BCUT2D eigenvalue weighted by Crippen LogP contribution is -2.45. The topological polar surface area (TPSA) is 65.2 Å². The van der Waals surface area contributed by atoms with E-state index in [0.717, 1.165) is 23.7 Å². The zero-order valence-corrected chi connectivity index (χ0v) is 16.2. The van der Waals surface area contributed by atoms with Crippen LogP contribution in [-0.4, -0.2) is 41.3 Å². The fourth-order valence-electron chi connectivity index (χ4n) is 3.90. The summed E-state index contributed by atoms with van der Waals surface area (Å²) < 4.78 is 13.7. The van der Waals surface area contributed by atoms with Crippen molar-refractivity contribution in [3.8, 4) is 0 Å². The summed E-state index contributed by atoms with van der Waals surface area (Å²) in [6.45, 7) is 1.43. The van der Waals surface area contributed by atoms with Gasteiger partial charge in [-0.25, -0.2) is 4.39 Å². The van der Waals surface area contributed by atoms with E-state index < -0.39 is 0 Å². The number of hydrogen-bond acceptors (Lipinski definition) is 2. The van der Waals surface area contributed by atoms with Gasteiger partial charge >= 0.3 is 0 Å². The van der Waals surface area contributed by atoms with E-state index in [4.69, 9.17) is 0 Å². The van der Waals surface area contributed by atoms with Gasteiger partial charge in [-0.1, -0.05) is 36.4 Å². The number of H-pyrrole nitrogens is 1. The third kappa shape index (κ3) is 4.31. The second-order valence-corrected chi connectivity index (χ2v) is 7.49. The number of halogens is 1. The van der Waals surface area contributed by atoms with Gasteiger partial charge in [-0.2, -0.15) is 0 Å². The van der Waals surface area contributed by atoms with Crippen molar-refractivity contribution in [3.05, 3.63) is 71.7 Å². The Bertz CT molecular complexity index is 997. The molecule has 2 amide bonds. The molecular formula is C23H24FN3O2. The minimum atomic E-state index is -0.255. The molecule has 1 aromatic heterocycles. The highest BCUT2D eigenvalue weighted by atomic mass is 19.1. The number of para-hydroxylation sites is 1. The van der Waals surface area contributed by atoms with Crippen molar-refractivity contribution in [3.63, 3.8) is 0 Å². The van der Waals surface area contributed by atoms with Crippen LogP contribution in [0.1, 0.15) is 28.9 Å². The van der Waals surface area contributed by atoms with Gasteiger partial charge in [0.2, 0.25) is 5.91 Å². The first-order valence-corrected chi connectivity index (χ1v) is 10.00. The van der Waals surface area contributed by atoms with E-state index in [1.807, 2.05) is 30.3 Å². The Morgan fingerprint density at radius 1 is 1.14 bits per heavy atom. The molecule has 1 saturated heterocycles. The number of nitrogens with one attached hydrogen (secondary N) is 2. The Hall–Kier alpha value is -3.15. The maximum Gasteiger partial charge on any atom is 0.270 e. The summed E-state index contributed by atoms with van der Waals surface area (Å²) in [5.74, 6) is -0.646. The molecule has 1 fully saturated rings. The van der Waals surface area contributed by atoms with Crippen molar-refractivity contribution in [1.82, 2.24) is 15.2 Å². The third-order valence-corrected chi connectivity index (χ3v) is 5.49. The first-order chi connectivity index (χ1) is 14.1. The quantitative estimate of drug-likeness (QED) is 0.697. The Kier molecular flexibility index (Phi) is 5.60. The summed E-state index contributed by atoms with van der Waals surface area (Å²) in [6.07, 6.45) is 1.99. The first kappa shape index (κ1) is 19.2. The predicted molar refractivity (Wildman–Crippen MR) is 110 cm³/mol. The second kappa shape index (κ2) is 8.47. The number of hydrogen-bond donors (Lipinski definition) is 2. The summed E-state index contributed by atoms with van der Waals surface area (Å²) in [6, 6.07) is 16.2. The van der Waals surface area contributed by atoms with Crippen LogP contribution in [0.2, 0.25) is 0 Å². The van der Waals surface area contributed by atoms with Gasteiger partial charge in [0, 0.05) is 30.5 Å². The third-order valence-electron chi connectivity index (χ3n) is 5.49. The number of likely N-dealkylation sites (tertiary alicyclic amines) is 1. The molecule has 1 aliphatic rings. The van der Waals surface area contributed by atoms with Gasteiger partial charge < -0.3 is 15.2 Å². The lowest BCUT2D eigenvalue weighted by atomic mass is 9.96. The minimum Gasteiger partial charge on any atom is -0.355 e. The smallest absolute Gasteiger partial charge is 0.270 e. The van der Waals surface area contributed by atoms with Crippen LogP contribution in [0.4, 0.5) is 4.39 Å². The maximum atomic E-state index is 13.7. The van der Waals surface area contributed by atoms with Crippen LogP contribution in [0.5, 0.6) is 0 Å². The van der Waals surface area contributed by atoms with Crippen LogP contribution >= 0.6 is 0 Å². The van der Waals surface area contributed by atoms with E-state index in [9.17, 15) is 14.0 Å². The molecule has 4 rings (SSSR count). The number of aromatic amines is 1. The second-order valence-electron chi connectivity index (χ2n) is 7.49. The molecule has 29 heavy (non-hydrogen) atoms. The van der Waals surface area contributed by atoms with Crippen LogP contribution < -0.4 is 5.32 Å². The van der Waals surface area contributed by atoms with E-state index in [0.29, 0.717) is 37.3 Å². The maximum absolute atomic E-state index is 13.7. The van der Waals surface area contributed by atoms with Crippen molar-refractivity contribution in [2.24, 2.45) is 5.92 Å². The standard InChI is InChI=1S/C23H24FN3O2/c24-19-9-3-1-6-16(19)11-12-25-22(28)18-8-5-13-27(15-18)23(29)21-14-17-7-2-4-10-20(17)26-21/h1-4,6-7,9-10,14,18,26H,5,8,11-13,15H2,(H,25,28)/t18-/m1/s1. The van der Waals surface area contributed by atoms with Gasteiger partial charge in [-0.15, -0.1) is 0 Å². The molecule has 0 aliphatic carbocycles. The average Bonchev–Trinajstić information content (AvgIpc) is 3.19. The largest absolute Gasteiger partial charge is 0.355 e. The molecule has 2 aromatic carbocycles. The predicted octanol–water partition coefficient (Wildman–Crippen LogP) is 3.52. The van der Waals surface area contributed by atoms with Crippen molar-refractivity contribution < 1.29 is 14.0 Å². The molecule has 0 radical (unpaired) electrons. The number of aromatic nitrogens is 1. The lowest BCUT2D eigenvalue weighted by Gasteiger charge is -2.31. The van der Waals surface area contributed by atoms with E-state index in [1.165, 1.54) is 6.07 Å². The summed E-state index contributed by atoms with van der Waals surface area (Å²) in [7, 11) is 0. The molecule has 6 heteroatoms. The summed E-state index contributed by atoms with van der Waals surface area (Å²) in [4.78, 5) is 30.4. The Morgan fingerprint density at radius 3 is 2.76 bits per heavy atom. The van der Waals surface area contributed by atoms with E-state index in [2.05, 4.69) is 10.3 Å². The summed E-state index contributed by atoms with van der Waals surface area (Å²) in [5.41, 5.74) is 2.06. The molecule has 0 spiro atoms. The molecule has 0 saturated carbocycles. The number of piperidine rings is 1. The molecule has 150 valence electrons. The molecular weight excluding hydrogens is 369 g/mol. The van der Waals surface area contributed by atoms with Gasteiger partial charge in [-0.3, -0.25) is 9.59 Å². The highest BCUT2D eigenvalue weighted by Gasteiger charge is 2.29. The fourth-order valence-corrected chi connectivity index (χ4v) is 3.90. The number of amides is 2. The molecule has 0 bridgehead atoms. The monoisotopic (exact) mass is 393 g/mol. The summed E-state index contributed by atoms with van der Waals surface area (Å²) in [5, 5.41) is 3.89. The van der Waals surface area contributed by atoms with Crippen LogP contribution in [0.15, 0.2) is 54.6 Å². The van der Waals surface area contributed by atoms with Crippen molar-refractivity contribution in [2.75, 3.05) is 19.6 Å². The fraction of sp³-hybridized carbons (Fsp3) is 0.304. The van der Waals surface area contributed by atoms with Gasteiger partial charge in [0.25, 0.3) is 5.91 Å². The molecule has 2 heterocycles. The zero-order chi connectivity index (χ0) is 20.2. The molecule has 5 nitrogen and oxygen atoms in total. The zero-order valence-electron chi connectivity index (χ0n) is 16.2. The van der Waals surface area contributed by atoms with Crippen molar-refractivity contribution in [2.45, 2.75) is 19.3 Å². The van der Waals surface area contributed by atoms with Crippen LogP contribution in [0.3, 0.4) is 0 Å². The van der Waals surface area contributed by atoms with Gasteiger partial charge in [0.1, 0.15) is 11.5 Å². The van der Waals surface area contributed by atoms with E-state index in [-0.39, 0.29) is 23.5 Å². The molecule has 3 aromatic rings. The van der Waals surface area contributed by atoms with Crippen LogP contribution in [0.25, 0.3) is 10.9 Å². The van der Waals surface area contributed by atoms with E-state index in [1.54, 1.807) is 23.1 Å². The first-order valence-electron chi connectivity index (χ1n) is 10.00. The molecule has 1 aliphatic heterocycles. The van der Waals surface area contributed by atoms with Crippen molar-refractivity contribution >= 4 is 22.7 Å². The molecule has 0 unspecified atom stereocenters.